The normalized spacial score (nSPS) is 12.8. The molecule has 2 amide bonds. The molecule has 0 radical (unpaired) electrons. The van der Waals surface area contributed by atoms with Gasteiger partial charge in [-0.15, -0.1) is 29.6 Å². The predicted molar refractivity (Wildman–Crippen MR) is 173 cm³/mol. The molecule has 46 heavy (non-hydrogen) atoms. The van der Waals surface area contributed by atoms with Gasteiger partial charge in [-0.2, -0.15) is 4.99 Å². The first-order chi connectivity index (χ1) is 21.9. The topological polar surface area (TPSA) is 86.3 Å². The van der Waals surface area contributed by atoms with Crippen LogP contribution >= 0.6 is 11.3 Å². The maximum atomic E-state index is 12.9. The van der Waals surface area contributed by atoms with Crippen molar-refractivity contribution >= 4 is 17.4 Å². The molecule has 0 saturated heterocycles. The van der Waals surface area contributed by atoms with Crippen LogP contribution in [-0.2, 0) is 6.42 Å². The third-order valence-corrected chi connectivity index (χ3v) is 8.36. The maximum Gasteiger partial charge on any atom is 0.573 e. The lowest BCUT2D eigenvalue weighted by molar-refractivity contribution is -0.274. The van der Waals surface area contributed by atoms with Crippen LogP contribution in [0.4, 0.5) is 18.0 Å². The number of hydrogen-bond acceptors (Lipinski definition) is 5. The first-order valence-electron chi connectivity index (χ1n) is 14.8. The molecule has 8 nitrogen and oxygen atoms in total. The Labute approximate surface area is 269 Å². The molecule has 0 fully saturated rings. The largest absolute Gasteiger partial charge is 0.573 e. The van der Waals surface area contributed by atoms with E-state index in [-0.39, 0.29) is 17.7 Å². The maximum absolute atomic E-state index is 12.9. The third kappa shape index (κ3) is 7.92. The number of halogens is 3. The lowest BCUT2D eigenvalue weighted by Crippen LogP contribution is -2.29. The Morgan fingerprint density at radius 3 is 2.41 bits per heavy atom. The Balaban J connectivity index is 1.19. The summed E-state index contributed by atoms with van der Waals surface area (Å²) in [5.41, 5.74) is 6.96. The van der Waals surface area contributed by atoms with E-state index >= 15 is 0 Å². The Morgan fingerprint density at radius 2 is 1.74 bits per heavy atom. The number of thiazole rings is 1. The summed E-state index contributed by atoms with van der Waals surface area (Å²) in [4.78, 5) is 22.3. The van der Waals surface area contributed by atoms with Gasteiger partial charge < -0.3 is 10.1 Å². The molecule has 5 aromatic rings. The fraction of sp³-hybridized carbons (Fsp3) is 0.294. The standard InChI is InChI=1S/C34H35F3N6O2S/c1-21(2)30-23(4)7-6-8-29(30)43-24(5)19-46-33(43)40-32(44)38-18-22(3)17-25-9-11-26(12-10-25)31-39-20-42(41-31)27-13-15-28(16-14-27)45-34(35,36)37/h6-16,19-22H,17-18H2,1-5H3,(H,38,44). The zero-order valence-electron chi connectivity index (χ0n) is 26.2. The summed E-state index contributed by atoms with van der Waals surface area (Å²) in [7, 11) is 0. The molecule has 0 saturated carbocycles. The molecular formula is C34H35F3N6O2S. The van der Waals surface area contributed by atoms with E-state index in [1.807, 2.05) is 42.6 Å². The van der Waals surface area contributed by atoms with Crippen molar-refractivity contribution in [3.05, 3.63) is 106 Å². The number of aryl methyl sites for hydroxylation is 2. The number of rotatable bonds is 9. The van der Waals surface area contributed by atoms with Crippen LogP contribution in [-0.4, -0.2) is 38.3 Å². The molecule has 12 heteroatoms. The number of nitrogens with zero attached hydrogens (tertiary/aromatic N) is 5. The monoisotopic (exact) mass is 648 g/mol. The molecule has 1 N–H and O–H groups in total. The van der Waals surface area contributed by atoms with Crippen LogP contribution in [0.2, 0.25) is 0 Å². The summed E-state index contributed by atoms with van der Waals surface area (Å²) >= 11 is 1.45. The van der Waals surface area contributed by atoms with Gasteiger partial charge in [0.1, 0.15) is 12.1 Å². The molecule has 0 spiro atoms. The van der Waals surface area contributed by atoms with Gasteiger partial charge in [-0.3, -0.25) is 4.57 Å². The van der Waals surface area contributed by atoms with Gasteiger partial charge in [0, 0.05) is 23.2 Å². The number of amides is 2. The number of carbonyl (C=O) groups excluding carboxylic acids is 1. The highest BCUT2D eigenvalue weighted by Crippen LogP contribution is 2.27. The third-order valence-electron chi connectivity index (χ3n) is 7.42. The van der Waals surface area contributed by atoms with Gasteiger partial charge >= 0.3 is 12.4 Å². The first-order valence-corrected chi connectivity index (χ1v) is 15.7. The highest BCUT2D eigenvalue weighted by molar-refractivity contribution is 7.07. The Bertz CT molecular complexity index is 1870. The number of aromatic nitrogens is 4. The number of urea groups is 1. The van der Waals surface area contributed by atoms with Crippen molar-refractivity contribution in [3.63, 3.8) is 0 Å². The number of benzene rings is 3. The molecule has 2 aromatic heterocycles. The van der Waals surface area contributed by atoms with Gasteiger partial charge in [0.15, 0.2) is 10.6 Å². The van der Waals surface area contributed by atoms with E-state index in [0.717, 1.165) is 28.9 Å². The Kier molecular flexibility index (Phi) is 9.76. The van der Waals surface area contributed by atoms with E-state index in [0.29, 0.717) is 28.8 Å². The zero-order chi connectivity index (χ0) is 33.0. The molecule has 1 atom stereocenters. The van der Waals surface area contributed by atoms with Crippen molar-refractivity contribution in [1.82, 2.24) is 24.6 Å². The van der Waals surface area contributed by atoms with Crippen LogP contribution in [0.15, 0.2) is 83.4 Å². The van der Waals surface area contributed by atoms with Crippen molar-refractivity contribution in [1.29, 1.82) is 0 Å². The summed E-state index contributed by atoms with van der Waals surface area (Å²) < 4.78 is 44.7. The van der Waals surface area contributed by atoms with Crippen molar-refractivity contribution in [3.8, 4) is 28.5 Å². The van der Waals surface area contributed by atoms with Crippen molar-refractivity contribution in [2.24, 2.45) is 10.9 Å². The van der Waals surface area contributed by atoms with E-state index < -0.39 is 6.36 Å². The van der Waals surface area contributed by atoms with E-state index in [9.17, 15) is 18.0 Å². The number of nitrogens with one attached hydrogen (secondary N) is 1. The lowest BCUT2D eigenvalue weighted by atomic mass is 9.96. The first kappa shape index (κ1) is 32.7. The van der Waals surface area contributed by atoms with Gasteiger partial charge in [-0.1, -0.05) is 57.2 Å². The Hall–Kier alpha value is -4.71. The molecule has 2 heterocycles. The van der Waals surface area contributed by atoms with Gasteiger partial charge in [0.25, 0.3) is 0 Å². The van der Waals surface area contributed by atoms with Crippen LogP contribution in [0.25, 0.3) is 22.8 Å². The van der Waals surface area contributed by atoms with E-state index in [4.69, 9.17) is 0 Å². The number of hydrogen-bond donors (Lipinski definition) is 1. The van der Waals surface area contributed by atoms with Crippen LogP contribution in [0.1, 0.15) is 49.1 Å². The average Bonchev–Trinajstić information content (AvgIpc) is 3.63. The predicted octanol–water partition coefficient (Wildman–Crippen LogP) is 7.91. The summed E-state index contributed by atoms with van der Waals surface area (Å²) in [6.45, 7) is 11.0. The molecule has 0 bridgehead atoms. The van der Waals surface area contributed by atoms with Crippen LogP contribution in [0.3, 0.4) is 0 Å². The lowest BCUT2D eigenvalue weighted by Gasteiger charge is -2.17. The highest BCUT2D eigenvalue weighted by Gasteiger charge is 2.31. The molecule has 1 unspecified atom stereocenters. The number of alkyl halides is 3. The zero-order valence-corrected chi connectivity index (χ0v) is 27.0. The SMILES string of the molecule is Cc1cccc(-n2c(C)csc2=NC(=O)NCC(C)Cc2ccc(-c3ncn(-c4ccc(OC(F)(F)F)cc4)n3)cc2)c1C(C)C. The quantitative estimate of drug-likeness (QED) is 0.176. The summed E-state index contributed by atoms with van der Waals surface area (Å²) in [6, 6.07) is 19.1. The number of ether oxygens (including phenoxy) is 1. The van der Waals surface area contributed by atoms with Gasteiger partial charge in [0.05, 0.1) is 11.4 Å². The molecular weight excluding hydrogens is 613 g/mol. The van der Waals surface area contributed by atoms with E-state index in [1.165, 1.54) is 57.7 Å². The molecule has 0 aliphatic carbocycles. The second-order valence-corrected chi connectivity index (χ2v) is 12.4. The molecule has 3 aromatic carbocycles. The van der Waals surface area contributed by atoms with Crippen molar-refractivity contribution in [2.75, 3.05) is 6.54 Å². The van der Waals surface area contributed by atoms with Crippen LogP contribution in [0.5, 0.6) is 5.75 Å². The van der Waals surface area contributed by atoms with E-state index in [2.05, 4.69) is 69.5 Å². The average molecular weight is 649 g/mol. The van der Waals surface area contributed by atoms with E-state index in [1.54, 1.807) is 0 Å². The summed E-state index contributed by atoms with van der Waals surface area (Å²) in [6.07, 6.45) is -2.50. The van der Waals surface area contributed by atoms with Gasteiger partial charge in [-0.05, 0) is 79.1 Å². The number of carbonyl (C=O) groups is 1. The minimum atomic E-state index is -4.75. The smallest absolute Gasteiger partial charge is 0.406 e. The minimum Gasteiger partial charge on any atom is -0.406 e. The Morgan fingerprint density at radius 1 is 1.02 bits per heavy atom. The van der Waals surface area contributed by atoms with Gasteiger partial charge in [-0.25, -0.2) is 14.5 Å². The fourth-order valence-corrected chi connectivity index (χ4v) is 6.21. The second-order valence-electron chi connectivity index (χ2n) is 11.5. The fourth-order valence-electron chi connectivity index (χ4n) is 5.35. The van der Waals surface area contributed by atoms with Gasteiger partial charge in [0.2, 0.25) is 0 Å². The van der Waals surface area contributed by atoms with Crippen molar-refractivity contribution in [2.45, 2.75) is 53.3 Å². The molecule has 5 rings (SSSR count). The summed E-state index contributed by atoms with van der Waals surface area (Å²) in [5.74, 6) is 0.660. The molecule has 0 aliphatic rings. The highest BCUT2D eigenvalue weighted by atomic mass is 32.1. The minimum absolute atomic E-state index is 0.160. The van der Waals surface area contributed by atoms with Crippen LogP contribution < -0.4 is 14.9 Å². The molecule has 0 aliphatic heterocycles. The second kappa shape index (κ2) is 13.7. The van der Waals surface area contributed by atoms with Crippen molar-refractivity contribution < 1.29 is 22.7 Å². The summed E-state index contributed by atoms with van der Waals surface area (Å²) in [5, 5.41) is 9.43. The molecule has 240 valence electrons. The van der Waals surface area contributed by atoms with Crippen LogP contribution in [0, 0.1) is 19.8 Å².